The van der Waals surface area contributed by atoms with Gasteiger partial charge in [0.1, 0.15) is 19.0 Å². The molecule has 0 aliphatic carbocycles. The van der Waals surface area contributed by atoms with Gasteiger partial charge in [0.15, 0.2) is 0 Å². The smallest absolute Gasteiger partial charge is 0.409 e. The lowest BCUT2D eigenvalue weighted by Crippen LogP contribution is -2.33. The van der Waals surface area contributed by atoms with Crippen LogP contribution in [-0.4, -0.2) is 93.9 Å². The Kier molecular flexibility index (Phi) is 20.6. The maximum absolute atomic E-state index is 12.0. The molecule has 0 radical (unpaired) electrons. The van der Waals surface area contributed by atoms with Gasteiger partial charge in [-0.1, -0.05) is 13.8 Å². The molecule has 0 saturated carbocycles. The minimum absolute atomic E-state index is 0.0367. The van der Waals surface area contributed by atoms with Crippen LogP contribution in [0.2, 0.25) is 0 Å². The minimum atomic E-state index is -0.398. The van der Waals surface area contributed by atoms with E-state index >= 15 is 0 Å². The van der Waals surface area contributed by atoms with Crippen LogP contribution in [0.1, 0.15) is 52.9 Å². The maximum atomic E-state index is 12.0. The molecule has 0 aromatic rings. The lowest BCUT2D eigenvalue weighted by molar-refractivity contribution is -0.146. The zero-order chi connectivity index (χ0) is 24.0. The number of thiol groups is 1. The highest BCUT2D eigenvalue weighted by atomic mass is 32.1. The van der Waals surface area contributed by atoms with E-state index in [-0.39, 0.29) is 44.5 Å². The van der Waals surface area contributed by atoms with Gasteiger partial charge in [-0.2, -0.15) is 12.6 Å². The Hall–Kier alpha value is -1.36. The van der Waals surface area contributed by atoms with Gasteiger partial charge in [-0.05, 0) is 26.2 Å². The first kappa shape index (κ1) is 30.6. The third-order valence-corrected chi connectivity index (χ3v) is 4.84. The number of nitrogens with zero attached hydrogens (tertiary/aromatic N) is 1. The van der Waals surface area contributed by atoms with Crippen LogP contribution < -0.4 is 0 Å². The van der Waals surface area contributed by atoms with E-state index in [0.29, 0.717) is 44.8 Å². The van der Waals surface area contributed by atoms with Crippen molar-refractivity contribution in [2.75, 3.05) is 65.9 Å². The molecular formula is C22H41NO8S. The van der Waals surface area contributed by atoms with Crippen molar-refractivity contribution in [2.45, 2.75) is 58.1 Å². The Bertz CT molecular complexity index is 506. The number of likely N-dealkylation sites (tertiary alicyclic amines) is 1. The number of ketones is 1. The molecule has 1 aliphatic rings. The van der Waals surface area contributed by atoms with Gasteiger partial charge in [0.05, 0.1) is 46.1 Å². The Morgan fingerprint density at radius 2 is 1.31 bits per heavy atom. The molecule has 0 spiro atoms. The average molecular weight is 480 g/mol. The van der Waals surface area contributed by atoms with Crippen LogP contribution in [0.4, 0.5) is 4.79 Å². The quantitative estimate of drug-likeness (QED) is 0.217. The van der Waals surface area contributed by atoms with Gasteiger partial charge < -0.3 is 33.4 Å². The molecule has 0 aromatic carbocycles. The van der Waals surface area contributed by atoms with Crippen molar-refractivity contribution in [1.82, 2.24) is 4.90 Å². The van der Waals surface area contributed by atoms with Crippen molar-refractivity contribution in [3.63, 3.8) is 0 Å². The zero-order valence-corrected chi connectivity index (χ0v) is 20.7. The Morgan fingerprint density at radius 1 is 0.781 bits per heavy atom. The summed E-state index contributed by atoms with van der Waals surface area (Å²) in [7, 11) is 0. The fourth-order valence-corrected chi connectivity index (χ4v) is 2.95. The summed E-state index contributed by atoms with van der Waals surface area (Å²) in [6.07, 6.45) is 2.88. The van der Waals surface area contributed by atoms with Crippen molar-refractivity contribution in [1.29, 1.82) is 0 Å². The molecule has 1 aliphatic heterocycles. The van der Waals surface area contributed by atoms with E-state index in [1.165, 1.54) is 6.92 Å². The minimum Gasteiger partial charge on any atom is -0.463 e. The number of Topliss-reactive ketones (excluding diaryl/α,β-unsaturated/α-hetero) is 1. The van der Waals surface area contributed by atoms with Gasteiger partial charge in [-0.3, -0.25) is 4.79 Å². The summed E-state index contributed by atoms with van der Waals surface area (Å²) in [4.78, 5) is 35.7. The number of ether oxygens (including phenoxy) is 5. The number of carbonyl (C=O) groups excluding carboxylic acids is 3. The topological polar surface area (TPSA) is 101 Å². The highest BCUT2D eigenvalue weighted by molar-refractivity contribution is 7.80. The molecule has 1 saturated heterocycles. The molecule has 1 atom stereocenters. The van der Waals surface area contributed by atoms with Gasteiger partial charge in [0, 0.05) is 24.8 Å². The first-order chi connectivity index (χ1) is 15.5. The molecule has 1 unspecified atom stereocenters. The first-order valence-electron chi connectivity index (χ1n) is 11.5. The average Bonchev–Trinajstić information content (AvgIpc) is 3.01. The fourth-order valence-electron chi connectivity index (χ4n) is 2.65. The summed E-state index contributed by atoms with van der Waals surface area (Å²) in [5, 5.41) is 0.359. The van der Waals surface area contributed by atoms with E-state index in [1.54, 1.807) is 4.90 Å². The Balaban J connectivity index is 0.00000466. The van der Waals surface area contributed by atoms with Crippen molar-refractivity contribution >= 4 is 30.5 Å². The molecule has 0 aromatic heterocycles. The van der Waals surface area contributed by atoms with Crippen LogP contribution in [0.15, 0.2) is 0 Å². The summed E-state index contributed by atoms with van der Waals surface area (Å²) in [5.41, 5.74) is 0. The van der Waals surface area contributed by atoms with E-state index < -0.39 is 5.97 Å². The summed E-state index contributed by atoms with van der Waals surface area (Å²) < 4.78 is 26.1. The molecule has 0 N–H and O–H groups in total. The third kappa shape index (κ3) is 18.2. The predicted molar refractivity (Wildman–Crippen MR) is 124 cm³/mol. The summed E-state index contributed by atoms with van der Waals surface area (Å²) in [6, 6.07) is 0. The molecule has 10 heteroatoms. The molecule has 1 heterocycles. The number of hydrogen-bond donors (Lipinski definition) is 1. The first-order valence-corrected chi connectivity index (χ1v) is 12.0. The van der Waals surface area contributed by atoms with Crippen molar-refractivity contribution < 1.29 is 38.1 Å². The normalized spacial score (nSPS) is 15.9. The molecule has 9 nitrogen and oxygen atoms in total. The third-order valence-electron chi connectivity index (χ3n) is 4.32. The SMILES string of the molecule is CC.CC(=O)CCC(=O)OCCOCCOCCOCCOC(=O)N1CCCC(S)CC1. The zero-order valence-electron chi connectivity index (χ0n) is 19.8. The molecule has 32 heavy (non-hydrogen) atoms. The molecule has 0 bridgehead atoms. The second kappa shape index (κ2) is 21.5. The summed E-state index contributed by atoms with van der Waals surface area (Å²) in [6.45, 7) is 9.41. The van der Waals surface area contributed by atoms with Crippen molar-refractivity contribution in [3.8, 4) is 0 Å². The van der Waals surface area contributed by atoms with Crippen LogP contribution in [0.3, 0.4) is 0 Å². The van der Waals surface area contributed by atoms with E-state index in [2.05, 4.69) is 12.6 Å². The number of esters is 1. The summed E-state index contributed by atoms with van der Waals surface area (Å²) >= 11 is 4.47. The highest BCUT2D eigenvalue weighted by Gasteiger charge is 2.19. The lowest BCUT2D eigenvalue weighted by Gasteiger charge is -2.19. The predicted octanol–water partition coefficient (Wildman–Crippen LogP) is 2.90. The monoisotopic (exact) mass is 479 g/mol. The maximum Gasteiger partial charge on any atom is 0.409 e. The van der Waals surface area contributed by atoms with E-state index in [9.17, 15) is 14.4 Å². The number of hydrogen-bond acceptors (Lipinski definition) is 9. The van der Waals surface area contributed by atoms with Gasteiger partial charge in [-0.15, -0.1) is 0 Å². The second-order valence-electron chi connectivity index (χ2n) is 6.95. The van der Waals surface area contributed by atoms with Gasteiger partial charge >= 0.3 is 12.1 Å². The molecule has 1 fully saturated rings. The van der Waals surface area contributed by atoms with Crippen LogP contribution in [0, 0.1) is 0 Å². The van der Waals surface area contributed by atoms with E-state index in [4.69, 9.17) is 23.7 Å². The standard InChI is InChI=1S/C20H35NO8S.C2H6/c1-17(22)4-5-19(23)28-15-13-26-11-9-25-10-12-27-14-16-29-20(24)21-7-2-3-18(30)6-8-21;1-2/h18,30H,2-16H2,1H3;1-2H3. The van der Waals surface area contributed by atoms with Crippen LogP contribution in [0.5, 0.6) is 0 Å². The second-order valence-corrected chi connectivity index (χ2v) is 7.68. The van der Waals surface area contributed by atoms with Crippen LogP contribution in [-0.2, 0) is 33.3 Å². The van der Waals surface area contributed by atoms with Crippen molar-refractivity contribution in [3.05, 3.63) is 0 Å². The van der Waals surface area contributed by atoms with Gasteiger partial charge in [-0.25, -0.2) is 4.79 Å². The van der Waals surface area contributed by atoms with Crippen molar-refractivity contribution in [2.24, 2.45) is 0 Å². The van der Waals surface area contributed by atoms with Gasteiger partial charge in [0.2, 0.25) is 0 Å². The fraction of sp³-hybridized carbons (Fsp3) is 0.864. The number of rotatable bonds is 15. The van der Waals surface area contributed by atoms with Gasteiger partial charge in [0.25, 0.3) is 0 Å². The Labute approximate surface area is 197 Å². The van der Waals surface area contributed by atoms with Crippen LogP contribution in [0.25, 0.3) is 0 Å². The molecule has 1 rings (SSSR count). The van der Waals surface area contributed by atoms with E-state index in [1.807, 2.05) is 13.8 Å². The number of carbonyl (C=O) groups is 3. The lowest BCUT2D eigenvalue weighted by atomic mass is 10.2. The highest BCUT2D eigenvalue weighted by Crippen LogP contribution is 2.16. The largest absolute Gasteiger partial charge is 0.463 e. The Morgan fingerprint density at radius 3 is 1.88 bits per heavy atom. The molecular weight excluding hydrogens is 438 g/mol. The van der Waals surface area contributed by atoms with E-state index in [0.717, 1.165) is 25.8 Å². The molecule has 188 valence electrons. The van der Waals surface area contributed by atoms with Crippen LogP contribution >= 0.6 is 12.6 Å². The number of amides is 1. The molecule has 1 amide bonds. The summed E-state index contributed by atoms with van der Waals surface area (Å²) in [5.74, 6) is -0.434.